The van der Waals surface area contributed by atoms with Crippen LogP contribution in [0.25, 0.3) is 0 Å². The summed E-state index contributed by atoms with van der Waals surface area (Å²) >= 11 is 0. The number of benzene rings is 2. The molecule has 1 radical (unpaired) electrons. The van der Waals surface area contributed by atoms with Crippen molar-refractivity contribution < 1.29 is 14.6 Å². The molecular formula is C25H35O3. The second kappa shape index (κ2) is 13.2. The van der Waals surface area contributed by atoms with E-state index in [1.807, 2.05) is 48.5 Å². The van der Waals surface area contributed by atoms with E-state index in [9.17, 15) is 5.11 Å². The first kappa shape index (κ1) is 22.3. The van der Waals surface area contributed by atoms with Gasteiger partial charge in [-0.05, 0) is 48.2 Å². The van der Waals surface area contributed by atoms with Gasteiger partial charge in [0, 0.05) is 0 Å². The Bertz CT molecular complexity index is 576. The Hall–Kier alpha value is -2.00. The fraction of sp³-hybridized carbons (Fsp3) is 0.520. The van der Waals surface area contributed by atoms with Crippen LogP contribution in [0.15, 0.2) is 48.5 Å². The topological polar surface area (TPSA) is 38.4 Å². The summed E-state index contributed by atoms with van der Waals surface area (Å²) in [4.78, 5) is 0. The van der Waals surface area contributed by atoms with E-state index in [1.54, 1.807) is 0 Å². The van der Waals surface area contributed by atoms with Gasteiger partial charge in [-0.15, -0.1) is 0 Å². The molecule has 2 aromatic rings. The molecule has 0 aromatic heterocycles. The van der Waals surface area contributed by atoms with Crippen LogP contribution in [0, 0.1) is 0 Å². The molecule has 0 fully saturated rings. The first-order valence-corrected chi connectivity index (χ1v) is 10.9. The van der Waals surface area contributed by atoms with E-state index >= 15 is 0 Å². The van der Waals surface area contributed by atoms with E-state index in [-0.39, 0.29) is 0 Å². The Kier molecular flexibility index (Phi) is 10.5. The number of rotatable bonds is 14. The van der Waals surface area contributed by atoms with Crippen LogP contribution in [-0.2, 0) is 5.11 Å². The van der Waals surface area contributed by atoms with Gasteiger partial charge < -0.3 is 9.47 Å². The molecule has 0 unspecified atom stereocenters. The molecule has 2 rings (SSSR count). The summed E-state index contributed by atoms with van der Waals surface area (Å²) < 4.78 is 11.5. The molecule has 153 valence electrons. The molecule has 0 saturated carbocycles. The van der Waals surface area contributed by atoms with Gasteiger partial charge in [0.05, 0.1) is 13.2 Å². The molecule has 3 nitrogen and oxygen atoms in total. The summed E-state index contributed by atoms with van der Waals surface area (Å²) in [5.41, 5.74) is 1.51. The molecule has 0 heterocycles. The molecule has 0 bridgehead atoms. The average molecular weight is 384 g/mol. The van der Waals surface area contributed by atoms with Crippen LogP contribution in [0.1, 0.15) is 82.4 Å². The fourth-order valence-corrected chi connectivity index (χ4v) is 3.11. The summed E-state index contributed by atoms with van der Waals surface area (Å²) in [5.74, 6) is 1.67. The van der Waals surface area contributed by atoms with Crippen molar-refractivity contribution in [1.29, 1.82) is 0 Å². The van der Waals surface area contributed by atoms with Crippen LogP contribution in [-0.4, -0.2) is 13.2 Å². The standard InChI is InChI=1S/C25H35O3/c1-3-5-7-9-19-27-23-15-11-21(12-16-23)25(26)22-13-17-24(18-14-22)28-20-10-8-6-4-2/h11-18,25H,3-10,19-20H2,1-2H3. The van der Waals surface area contributed by atoms with E-state index < -0.39 is 6.10 Å². The van der Waals surface area contributed by atoms with E-state index in [1.165, 1.54) is 38.5 Å². The Morgan fingerprint density at radius 3 is 1.36 bits per heavy atom. The zero-order chi connectivity index (χ0) is 20.0. The highest BCUT2D eigenvalue weighted by molar-refractivity contribution is 5.36. The minimum Gasteiger partial charge on any atom is -0.494 e. The van der Waals surface area contributed by atoms with E-state index in [0.717, 1.165) is 48.7 Å². The number of unbranched alkanes of at least 4 members (excludes halogenated alkanes) is 6. The van der Waals surface area contributed by atoms with Crippen molar-refractivity contribution in [3.05, 3.63) is 59.7 Å². The van der Waals surface area contributed by atoms with E-state index in [4.69, 9.17) is 9.47 Å². The third-order valence-corrected chi connectivity index (χ3v) is 4.90. The molecule has 0 N–H and O–H groups in total. The molecule has 0 amide bonds. The van der Waals surface area contributed by atoms with Crippen molar-refractivity contribution in [3.8, 4) is 11.5 Å². The minimum atomic E-state index is -0.891. The zero-order valence-electron chi connectivity index (χ0n) is 17.5. The van der Waals surface area contributed by atoms with Crippen LogP contribution in [0.4, 0.5) is 0 Å². The maximum Gasteiger partial charge on any atom is 0.143 e. The summed E-state index contributed by atoms with van der Waals surface area (Å²) in [5, 5.41) is 12.7. The summed E-state index contributed by atoms with van der Waals surface area (Å²) in [6, 6.07) is 15.1. The van der Waals surface area contributed by atoms with Gasteiger partial charge in [0.15, 0.2) is 0 Å². The second-order valence-electron chi connectivity index (χ2n) is 7.34. The lowest BCUT2D eigenvalue weighted by atomic mass is 10.0. The first-order valence-electron chi connectivity index (χ1n) is 10.9. The van der Waals surface area contributed by atoms with Crippen molar-refractivity contribution in [2.24, 2.45) is 0 Å². The molecular weight excluding hydrogens is 348 g/mol. The molecule has 2 aromatic carbocycles. The quantitative estimate of drug-likeness (QED) is 0.326. The highest BCUT2D eigenvalue weighted by Gasteiger charge is 2.12. The van der Waals surface area contributed by atoms with Gasteiger partial charge in [-0.25, -0.2) is 5.11 Å². The van der Waals surface area contributed by atoms with Gasteiger partial charge in [-0.3, -0.25) is 0 Å². The van der Waals surface area contributed by atoms with E-state index in [0.29, 0.717) is 0 Å². The third kappa shape index (κ3) is 7.93. The maximum absolute atomic E-state index is 12.7. The lowest BCUT2D eigenvalue weighted by Crippen LogP contribution is -2.01. The van der Waals surface area contributed by atoms with E-state index in [2.05, 4.69) is 13.8 Å². The Morgan fingerprint density at radius 2 is 1.00 bits per heavy atom. The van der Waals surface area contributed by atoms with Crippen molar-refractivity contribution >= 4 is 0 Å². The maximum atomic E-state index is 12.7. The van der Waals surface area contributed by atoms with Crippen molar-refractivity contribution in [1.82, 2.24) is 0 Å². The smallest absolute Gasteiger partial charge is 0.143 e. The number of hydrogen-bond acceptors (Lipinski definition) is 2. The first-order chi connectivity index (χ1) is 13.7. The van der Waals surface area contributed by atoms with Gasteiger partial charge >= 0.3 is 0 Å². The highest BCUT2D eigenvalue weighted by atomic mass is 16.5. The van der Waals surface area contributed by atoms with Gasteiger partial charge in [0.25, 0.3) is 0 Å². The zero-order valence-corrected chi connectivity index (χ0v) is 17.5. The van der Waals surface area contributed by atoms with Crippen LogP contribution in [0.2, 0.25) is 0 Å². The van der Waals surface area contributed by atoms with Gasteiger partial charge in [-0.1, -0.05) is 76.6 Å². The fourth-order valence-electron chi connectivity index (χ4n) is 3.11. The Morgan fingerprint density at radius 1 is 0.607 bits per heavy atom. The van der Waals surface area contributed by atoms with Crippen LogP contribution >= 0.6 is 0 Å². The SMILES string of the molecule is CCCCCCOc1ccc(C([O])c2ccc(OCCCCCC)cc2)cc1. The lowest BCUT2D eigenvalue weighted by molar-refractivity contribution is 0.124. The Balaban J connectivity index is 1.79. The molecule has 0 aliphatic rings. The monoisotopic (exact) mass is 383 g/mol. The van der Waals surface area contributed by atoms with Gasteiger partial charge in [0.2, 0.25) is 0 Å². The number of hydrogen-bond donors (Lipinski definition) is 0. The predicted octanol–water partition coefficient (Wildman–Crippen LogP) is 7.12. The summed E-state index contributed by atoms with van der Waals surface area (Å²) in [6.45, 7) is 5.88. The third-order valence-electron chi connectivity index (χ3n) is 4.90. The van der Waals surface area contributed by atoms with Gasteiger partial charge in [0.1, 0.15) is 17.6 Å². The average Bonchev–Trinajstić information content (AvgIpc) is 2.74. The van der Waals surface area contributed by atoms with Crippen molar-refractivity contribution in [3.63, 3.8) is 0 Å². The van der Waals surface area contributed by atoms with Crippen LogP contribution < -0.4 is 9.47 Å². The molecule has 3 heteroatoms. The minimum absolute atomic E-state index is 0.736. The normalized spacial score (nSPS) is 11.0. The van der Waals surface area contributed by atoms with Crippen LogP contribution in [0.3, 0.4) is 0 Å². The lowest BCUT2D eigenvalue weighted by Gasteiger charge is -2.12. The van der Waals surface area contributed by atoms with Crippen molar-refractivity contribution in [2.45, 2.75) is 71.3 Å². The van der Waals surface area contributed by atoms with Gasteiger partial charge in [-0.2, -0.15) is 0 Å². The summed E-state index contributed by atoms with van der Waals surface area (Å²) in [7, 11) is 0. The highest BCUT2D eigenvalue weighted by Crippen LogP contribution is 2.26. The van der Waals surface area contributed by atoms with Crippen molar-refractivity contribution in [2.75, 3.05) is 13.2 Å². The predicted molar refractivity (Wildman–Crippen MR) is 115 cm³/mol. The summed E-state index contributed by atoms with van der Waals surface area (Å²) in [6.07, 6.45) is 8.63. The van der Waals surface area contributed by atoms with Crippen LogP contribution in [0.5, 0.6) is 11.5 Å². The molecule has 0 aliphatic heterocycles. The molecule has 0 saturated heterocycles. The molecule has 0 atom stereocenters. The second-order valence-corrected chi connectivity index (χ2v) is 7.34. The number of ether oxygens (including phenoxy) is 2. The molecule has 0 aliphatic carbocycles. The largest absolute Gasteiger partial charge is 0.494 e. The Labute approximate surface area is 170 Å². The molecule has 0 spiro atoms. The molecule has 28 heavy (non-hydrogen) atoms.